The Morgan fingerprint density at radius 2 is 1.97 bits per heavy atom. The van der Waals surface area contributed by atoms with Crippen molar-refractivity contribution in [3.05, 3.63) is 52.4 Å². The van der Waals surface area contributed by atoms with Gasteiger partial charge in [0, 0.05) is 13.0 Å². The van der Waals surface area contributed by atoms with E-state index in [2.05, 4.69) is 10.3 Å². The number of nitrogens with zero attached hydrogens (tertiary/aromatic N) is 4. The lowest BCUT2D eigenvalue weighted by Gasteiger charge is -2.32. The van der Waals surface area contributed by atoms with Crippen molar-refractivity contribution in [3.8, 4) is 11.3 Å². The molecule has 0 bridgehead atoms. The molecule has 0 saturated carbocycles. The minimum Gasteiger partial charge on any atom is -0.368 e. The molecule has 0 spiro atoms. The van der Waals surface area contributed by atoms with Gasteiger partial charge >= 0.3 is 0 Å². The number of morpholine rings is 1. The molecule has 1 aliphatic rings. The van der Waals surface area contributed by atoms with E-state index in [0.717, 1.165) is 34.8 Å². The van der Waals surface area contributed by atoms with Crippen LogP contribution in [0.4, 0.5) is 0 Å². The van der Waals surface area contributed by atoms with Crippen LogP contribution >= 0.6 is 0 Å². The molecule has 0 radical (unpaired) electrons. The van der Waals surface area contributed by atoms with E-state index in [1.807, 2.05) is 32.0 Å². The summed E-state index contributed by atoms with van der Waals surface area (Å²) in [6, 6.07) is 5.81. The Morgan fingerprint density at radius 1 is 1.17 bits per heavy atom. The van der Waals surface area contributed by atoms with Crippen LogP contribution in [0.2, 0.25) is 0 Å². The molecule has 3 aromatic rings. The number of rotatable bonds is 4. The van der Waals surface area contributed by atoms with Gasteiger partial charge in [-0.1, -0.05) is 23.3 Å². The normalized spacial score (nSPS) is 17.0. The summed E-state index contributed by atoms with van der Waals surface area (Å²) in [5, 5.41) is 7.97. The van der Waals surface area contributed by atoms with Gasteiger partial charge in [0.15, 0.2) is 0 Å². The first-order chi connectivity index (χ1) is 14.0. The Morgan fingerprint density at radius 3 is 2.69 bits per heavy atom. The SMILES string of the molecule is CCc1onc(C)c1-c1cccc(C2CN(C(=O)c3c(C)noc3C)CCO2)n1. The first-order valence-corrected chi connectivity index (χ1v) is 9.75. The van der Waals surface area contributed by atoms with Crippen molar-refractivity contribution < 1.29 is 18.6 Å². The highest BCUT2D eigenvalue weighted by Gasteiger charge is 2.30. The summed E-state index contributed by atoms with van der Waals surface area (Å²) in [5.41, 5.74) is 4.45. The van der Waals surface area contributed by atoms with E-state index in [1.54, 1.807) is 18.7 Å². The Hall–Kier alpha value is -3.00. The van der Waals surface area contributed by atoms with Gasteiger partial charge < -0.3 is 18.7 Å². The van der Waals surface area contributed by atoms with E-state index < -0.39 is 0 Å². The molecule has 4 rings (SSSR count). The largest absolute Gasteiger partial charge is 0.368 e. The molecule has 1 aliphatic heterocycles. The predicted molar refractivity (Wildman–Crippen MR) is 104 cm³/mol. The van der Waals surface area contributed by atoms with E-state index in [1.165, 1.54) is 0 Å². The van der Waals surface area contributed by atoms with Crippen LogP contribution in [0.5, 0.6) is 0 Å². The topological polar surface area (TPSA) is 94.5 Å². The Bertz CT molecular complexity index is 1020. The fourth-order valence-corrected chi connectivity index (χ4v) is 3.72. The molecule has 29 heavy (non-hydrogen) atoms. The first kappa shape index (κ1) is 19.3. The van der Waals surface area contributed by atoms with Crippen molar-refractivity contribution in [1.29, 1.82) is 0 Å². The van der Waals surface area contributed by atoms with Gasteiger partial charge in [-0.25, -0.2) is 4.98 Å². The van der Waals surface area contributed by atoms with Crippen LogP contribution in [0.25, 0.3) is 11.3 Å². The molecule has 8 nitrogen and oxygen atoms in total. The molecule has 1 saturated heterocycles. The quantitative estimate of drug-likeness (QED) is 0.667. The molecule has 0 aliphatic carbocycles. The van der Waals surface area contributed by atoms with Crippen molar-refractivity contribution in [2.24, 2.45) is 0 Å². The smallest absolute Gasteiger partial charge is 0.259 e. The van der Waals surface area contributed by atoms with Crippen molar-refractivity contribution in [2.75, 3.05) is 19.7 Å². The predicted octanol–water partition coefficient (Wildman–Crippen LogP) is 3.43. The lowest BCUT2D eigenvalue weighted by molar-refractivity contribution is -0.0247. The number of hydrogen-bond donors (Lipinski definition) is 0. The van der Waals surface area contributed by atoms with Gasteiger partial charge in [0.2, 0.25) is 0 Å². The molecule has 8 heteroatoms. The van der Waals surface area contributed by atoms with E-state index in [0.29, 0.717) is 36.7 Å². The fraction of sp³-hybridized carbons (Fsp3) is 0.429. The average molecular weight is 396 g/mol. The van der Waals surface area contributed by atoms with Gasteiger partial charge in [0.25, 0.3) is 5.91 Å². The average Bonchev–Trinajstić information content (AvgIpc) is 3.29. The standard InChI is InChI=1S/C21H24N4O4/c1-5-17-20(13(3)24-29-17)16-8-6-7-15(22-16)18-11-25(9-10-27-18)21(26)19-12(2)23-28-14(19)4/h6-8,18H,5,9-11H2,1-4H3. The van der Waals surface area contributed by atoms with Crippen LogP contribution in [0, 0.1) is 20.8 Å². The summed E-state index contributed by atoms with van der Waals surface area (Å²) < 4.78 is 16.5. The molecule has 0 N–H and O–H groups in total. The molecule has 152 valence electrons. The number of amides is 1. The summed E-state index contributed by atoms with van der Waals surface area (Å²) in [5.74, 6) is 1.26. The lowest BCUT2D eigenvalue weighted by Crippen LogP contribution is -2.42. The maximum Gasteiger partial charge on any atom is 0.259 e. The van der Waals surface area contributed by atoms with Gasteiger partial charge in [0.1, 0.15) is 23.2 Å². The number of aryl methyl sites for hydroxylation is 4. The Balaban J connectivity index is 1.59. The van der Waals surface area contributed by atoms with Gasteiger partial charge in [-0.05, 0) is 32.9 Å². The van der Waals surface area contributed by atoms with E-state index >= 15 is 0 Å². The van der Waals surface area contributed by atoms with Crippen LogP contribution < -0.4 is 0 Å². The van der Waals surface area contributed by atoms with Gasteiger partial charge in [-0.2, -0.15) is 0 Å². The maximum absolute atomic E-state index is 13.0. The van der Waals surface area contributed by atoms with Gasteiger partial charge in [-0.15, -0.1) is 0 Å². The second-order valence-corrected chi connectivity index (χ2v) is 7.18. The molecular formula is C21H24N4O4. The van der Waals surface area contributed by atoms with E-state index in [9.17, 15) is 4.79 Å². The number of carbonyl (C=O) groups is 1. The number of pyridine rings is 1. The van der Waals surface area contributed by atoms with Crippen LogP contribution in [-0.2, 0) is 11.2 Å². The third-order valence-corrected chi connectivity index (χ3v) is 5.21. The van der Waals surface area contributed by atoms with Crippen molar-refractivity contribution in [2.45, 2.75) is 40.2 Å². The lowest BCUT2D eigenvalue weighted by atomic mass is 10.1. The minimum atomic E-state index is -0.307. The maximum atomic E-state index is 13.0. The van der Waals surface area contributed by atoms with Crippen LogP contribution in [0.15, 0.2) is 27.2 Å². The second kappa shape index (κ2) is 7.79. The molecule has 1 amide bonds. The molecular weight excluding hydrogens is 372 g/mol. The summed E-state index contributed by atoms with van der Waals surface area (Å²) in [7, 11) is 0. The van der Waals surface area contributed by atoms with Crippen LogP contribution in [-0.4, -0.2) is 45.8 Å². The summed E-state index contributed by atoms with van der Waals surface area (Å²) in [6.45, 7) is 8.84. The molecule has 1 unspecified atom stereocenters. The number of carbonyl (C=O) groups excluding carboxylic acids is 1. The zero-order chi connectivity index (χ0) is 20.5. The number of aromatic nitrogens is 3. The number of hydrogen-bond acceptors (Lipinski definition) is 7. The van der Waals surface area contributed by atoms with Crippen LogP contribution in [0.3, 0.4) is 0 Å². The van der Waals surface area contributed by atoms with Gasteiger partial charge in [-0.3, -0.25) is 4.79 Å². The Kier molecular flexibility index (Phi) is 5.19. The molecule has 4 heterocycles. The number of ether oxygens (including phenoxy) is 1. The van der Waals surface area contributed by atoms with Crippen molar-refractivity contribution >= 4 is 5.91 Å². The highest BCUT2D eigenvalue weighted by atomic mass is 16.5. The fourth-order valence-electron chi connectivity index (χ4n) is 3.72. The zero-order valence-corrected chi connectivity index (χ0v) is 17.1. The van der Waals surface area contributed by atoms with Crippen molar-refractivity contribution in [1.82, 2.24) is 20.2 Å². The minimum absolute atomic E-state index is 0.0890. The zero-order valence-electron chi connectivity index (χ0n) is 17.1. The van der Waals surface area contributed by atoms with Crippen molar-refractivity contribution in [3.63, 3.8) is 0 Å². The molecule has 3 aromatic heterocycles. The summed E-state index contributed by atoms with van der Waals surface area (Å²) >= 11 is 0. The van der Waals surface area contributed by atoms with E-state index in [-0.39, 0.29) is 12.0 Å². The van der Waals surface area contributed by atoms with E-state index in [4.69, 9.17) is 18.8 Å². The molecule has 0 aromatic carbocycles. The highest BCUT2D eigenvalue weighted by molar-refractivity contribution is 5.96. The highest BCUT2D eigenvalue weighted by Crippen LogP contribution is 2.29. The molecule has 1 atom stereocenters. The third-order valence-electron chi connectivity index (χ3n) is 5.21. The second-order valence-electron chi connectivity index (χ2n) is 7.18. The molecule has 1 fully saturated rings. The monoisotopic (exact) mass is 396 g/mol. The van der Waals surface area contributed by atoms with Gasteiger partial charge in [0.05, 0.1) is 41.5 Å². The summed E-state index contributed by atoms with van der Waals surface area (Å²) in [4.78, 5) is 19.6. The Labute approximate surface area is 168 Å². The first-order valence-electron chi connectivity index (χ1n) is 9.75. The third kappa shape index (κ3) is 3.55. The van der Waals surface area contributed by atoms with Crippen LogP contribution in [0.1, 0.15) is 52.0 Å². The summed E-state index contributed by atoms with van der Waals surface area (Å²) in [6.07, 6.45) is 0.431.